The molecule has 0 aromatic rings. The van der Waals surface area contributed by atoms with Gasteiger partial charge in [0.1, 0.15) is 0 Å². The SMILES string of the molecule is CCCC(C(=O)N1CCN(C)CC1)C(N)=NO. The molecule has 1 fully saturated rings. The lowest BCUT2D eigenvalue weighted by molar-refractivity contribution is -0.135. The van der Waals surface area contributed by atoms with Gasteiger partial charge in [-0.3, -0.25) is 4.79 Å². The average molecular weight is 242 g/mol. The van der Waals surface area contributed by atoms with Crippen molar-refractivity contribution >= 4 is 11.7 Å². The molecular weight excluding hydrogens is 220 g/mol. The Morgan fingerprint density at radius 3 is 2.47 bits per heavy atom. The monoisotopic (exact) mass is 242 g/mol. The Kier molecular flexibility index (Phi) is 5.21. The van der Waals surface area contributed by atoms with E-state index in [2.05, 4.69) is 10.1 Å². The zero-order valence-corrected chi connectivity index (χ0v) is 10.6. The molecule has 3 N–H and O–H groups in total. The van der Waals surface area contributed by atoms with E-state index in [1.807, 2.05) is 14.0 Å². The van der Waals surface area contributed by atoms with Gasteiger partial charge in [-0.2, -0.15) is 0 Å². The largest absolute Gasteiger partial charge is 0.409 e. The lowest BCUT2D eigenvalue weighted by Crippen LogP contribution is -2.51. The molecule has 0 aromatic heterocycles. The summed E-state index contributed by atoms with van der Waals surface area (Å²) in [6, 6.07) is 0. The number of nitrogens with two attached hydrogens (primary N) is 1. The van der Waals surface area contributed by atoms with Gasteiger partial charge in [-0.15, -0.1) is 0 Å². The highest BCUT2D eigenvalue weighted by Gasteiger charge is 2.28. The second-order valence-corrected chi connectivity index (χ2v) is 4.49. The summed E-state index contributed by atoms with van der Waals surface area (Å²) in [5, 5.41) is 11.7. The van der Waals surface area contributed by atoms with Crippen molar-refractivity contribution in [1.82, 2.24) is 9.80 Å². The van der Waals surface area contributed by atoms with Crippen LogP contribution < -0.4 is 5.73 Å². The molecule has 1 unspecified atom stereocenters. The molecule has 0 bridgehead atoms. The molecule has 6 nitrogen and oxygen atoms in total. The molecule has 17 heavy (non-hydrogen) atoms. The number of hydrogen-bond donors (Lipinski definition) is 2. The number of amides is 1. The standard InChI is InChI=1S/C11H22N4O2/c1-3-4-9(10(12)13-17)11(16)15-7-5-14(2)6-8-15/h9,17H,3-8H2,1-2H3,(H2,12,13). The van der Waals surface area contributed by atoms with Gasteiger partial charge in [0, 0.05) is 26.2 Å². The van der Waals surface area contributed by atoms with E-state index in [1.54, 1.807) is 4.90 Å². The van der Waals surface area contributed by atoms with Crippen molar-refractivity contribution in [2.75, 3.05) is 33.2 Å². The second-order valence-electron chi connectivity index (χ2n) is 4.49. The summed E-state index contributed by atoms with van der Waals surface area (Å²) >= 11 is 0. The van der Waals surface area contributed by atoms with Gasteiger partial charge in [0.15, 0.2) is 5.84 Å². The maximum Gasteiger partial charge on any atom is 0.233 e. The van der Waals surface area contributed by atoms with Crippen LogP contribution in [-0.2, 0) is 4.79 Å². The maximum absolute atomic E-state index is 12.2. The van der Waals surface area contributed by atoms with E-state index >= 15 is 0 Å². The van der Waals surface area contributed by atoms with Gasteiger partial charge in [-0.05, 0) is 13.5 Å². The summed E-state index contributed by atoms with van der Waals surface area (Å²) in [5.41, 5.74) is 5.58. The summed E-state index contributed by atoms with van der Waals surface area (Å²) in [4.78, 5) is 16.2. The minimum atomic E-state index is -0.478. The van der Waals surface area contributed by atoms with Crippen molar-refractivity contribution in [1.29, 1.82) is 0 Å². The fourth-order valence-corrected chi connectivity index (χ4v) is 2.00. The summed E-state index contributed by atoms with van der Waals surface area (Å²) < 4.78 is 0. The van der Waals surface area contributed by atoms with Crippen molar-refractivity contribution in [2.24, 2.45) is 16.8 Å². The van der Waals surface area contributed by atoms with Crippen LogP contribution in [0.3, 0.4) is 0 Å². The number of piperazine rings is 1. The van der Waals surface area contributed by atoms with Crippen molar-refractivity contribution < 1.29 is 10.0 Å². The zero-order chi connectivity index (χ0) is 12.8. The molecule has 1 saturated heterocycles. The fourth-order valence-electron chi connectivity index (χ4n) is 2.00. The van der Waals surface area contributed by atoms with Crippen LogP contribution in [0, 0.1) is 5.92 Å². The number of likely N-dealkylation sites (N-methyl/N-ethyl adjacent to an activating group) is 1. The lowest BCUT2D eigenvalue weighted by Gasteiger charge is -2.34. The molecule has 6 heteroatoms. The Morgan fingerprint density at radius 1 is 1.41 bits per heavy atom. The molecule has 1 aliphatic heterocycles. The third-order valence-electron chi connectivity index (χ3n) is 3.16. The van der Waals surface area contributed by atoms with Crippen LogP contribution in [0.25, 0.3) is 0 Å². The van der Waals surface area contributed by atoms with Gasteiger partial charge >= 0.3 is 0 Å². The van der Waals surface area contributed by atoms with Crippen LogP contribution in [-0.4, -0.2) is 60.0 Å². The summed E-state index contributed by atoms with van der Waals surface area (Å²) in [6.07, 6.45) is 1.46. The Labute approximate surface area is 102 Å². The van der Waals surface area contributed by atoms with E-state index in [-0.39, 0.29) is 11.7 Å². The molecule has 0 aromatic carbocycles. The zero-order valence-electron chi connectivity index (χ0n) is 10.6. The highest BCUT2D eigenvalue weighted by atomic mass is 16.4. The van der Waals surface area contributed by atoms with Crippen molar-refractivity contribution in [2.45, 2.75) is 19.8 Å². The van der Waals surface area contributed by atoms with Crippen LogP contribution in [0.5, 0.6) is 0 Å². The Bertz CT molecular complexity index is 285. The lowest BCUT2D eigenvalue weighted by atomic mass is 10.0. The van der Waals surface area contributed by atoms with E-state index in [4.69, 9.17) is 10.9 Å². The van der Waals surface area contributed by atoms with Gasteiger partial charge in [-0.1, -0.05) is 18.5 Å². The topological polar surface area (TPSA) is 82.2 Å². The van der Waals surface area contributed by atoms with E-state index in [0.717, 1.165) is 19.5 Å². The Morgan fingerprint density at radius 2 is 2.00 bits per heavy atom. The van der Waals surface area contributed by atoms with Gasteiger partial charge in [0.25, 0.3) is 0 Å². The number of hydrogen-bond acceptors (Lipinski definition) is 4. The molecule has 0 spiro atoms. The number of nitrogens with zero attached hydrogens (tertiary/aromatic N) is 3. The molecule has 0 aliphatic carbocycles. The predicted octanol–water partition coefficient (Wildman–Crippen LogP) is -0.0769. The fraction of sp³-hybridized carbons (Fsp3) is 0.818. The van der Waals surface area contributed by atoms with Crippen LogP contribution in [0.15, 0.2) is 5.16 Å². The van der Waals surface area contributed by atoms with Crippen LogP contribution in [0.1, 0.15) is 19.8 Å². The van der Waals surface area contributed by atoms with Gasteiger partial charge in [0.05, 0.1) is 5.92 Å². The van der Waals surface area contributed by atoms with Gasteiger partial charge in [0.2, 0.25) is 5.91 Å². The first kappa shape index (κ1) is 13.8. The first-order valence-electron chi connectivity index (χ1n) is 6.04. The van der Waals surface area contributed by atoms with Crippen molar-refractivity contribution in [3.63, 3.8) is 0 Å². The number of carbonyl (C=O) groups is 1. The van der Waals surface area contributed by atoms with E-state index in [1.165, 1.54) is 0 Å². The van der Waals surface area contributed by atoms with Crippen molar-refractivity contribution in [3.8, 4) is 0 Å². The molecule has 98 valence electrons. The van der Waals surface area contributed by atoms with Crippen LogP contribution in [0.2, 0.25) is 0 Å². The van der Waals surface area contributed by atoms with Gasteiger partial charge < -0.3 is 20.7 Å². The van der Waals surface area contributed by atoms with E-state index in [0.29, 0.717) is 19.5 Å². The molecule has 1 heterocycles. The van der Waals surface area contributed by atoms with Crippen LogP contribution >= 0.6 is 0 Å². The van der Waals surface area contributed by atoms with E-state index < -0.39 is 5.92 Å². The number of amidine groups is 1. The highest BCUT2D eigenvalue weighted by Crippen LogP contribution is 2.12. The third kappa shape index (κ3) is 3.59. The molecule has 1 aliphatic rings. The quantitative estimate of drug-likeness (QED) is 0.313. The molecular formula is C11H22N4O2. The second kappa shape index (κ2) is 6.44. The molecule has 0 saturated carbocycles. The molecule has 1 rings (SSSR count). The Balaban J connectivity index is 2.64. The molecule has 1 atom stereocenters. The number of oxime groups is 1. The normalized spacial score (nSPS) is 20.4. The summed E-state index contributed by atoms with van der Waals surface area (Å²) in [6.45, 7) is 5.17. The maximum atomic E-state index is 12.2. The Hall–Kier alpha value is -1.30. The summed E-state index contributed by atoms with van der Waals surface area (Å²) in [7, 11) is 2.04. The number of carbonyl (C=O) groups excluding carboxylic acids is 1. The minimum absolute atomic E-state index is 0.0183. The molecule has 0 radical (unpaired) electrons. The average Bonchev–Trinajstić information content (AvgIpc) is 2.35. The summed E-state index contributed by atoms with van der Waals surface area (Å²) in [5.74, 6) is -0.473. The van der Waals surface area contributed by atoms with E-state index in [9.17, 15) is 4.79 Å². The predicted molar refractivity (Wildman–Crippen MR) is 65.9 cm³/mol. The minimum Gasteiger partial charge on any atom is -0.409 e. The molecule has 1 amide bonds. The van der Waals surface area contributed by atoms with Gasteiger partial charge in [-0.25, -0.2) is 0 Å². The van der Waals surface area contributed by atoms with Crippen LogP contribution in [0.4, 0.5) is 0 Å². The van der Waals surface area contributed by atoms with Crippen molar-refractivity contribution in [3.05, 3.63) is 0 Å². The first-order chi connectivity index (χ1) is 8.10. The third-order valence-corrected chi connectivity index (χ3v) is 3.16. The highest BCUT2D eigenvalue weighted by molar-refractivity contribution is 6.02. The first-order valence-corrected chi connectivity index (χ1v) is 6.04. The number of rotatable bonds is 4. The smallest absolute Gasteiger partial charge is 0.233 e.